The summed E-state index contributed by atoms with van der Waals surface area (Å²) in [5.41, 5.74) is 0.709. The summed E-state index contributed by atoms with van der Waals surface area (Å²) in [6, 6.07) is 5.50. The lowest BCUT2D eigenvalue weighted by Crippen LogP contribution is -2.42. The Morgan fingerprint density at radius 1 is 1.42 bits per heavy atom. The Labute approximate surface area is 122 Å². The van der Waals surface area contributed by atoms with E-state index < -0.39 is 0 Å². The Morgan fingerprint density at radius 2 is 2.16 bits per heavy atom. The molecule has 1 aliphatic heterocycles. The molecule has 2 nitrogen and oxygen atoms in total. The summed E-state index contributed by atoms with van der Waals surface area (Å²) in [7, 11) is 0. The van der Waals surface area contributed by atoms with Gasteiger partial charge in [0, 0.05) is 35.7 Å². The number of nitrogens with one attached hydrogen (secondary N) is 1. The molecule has 0 amide bonds. The Balaban J connectivity index is 1.81. The van der Waals surface area contributed by atoms with E-state index in [1.54, 1.807) is 6.07 Å². The fourth-order valence-corrected chi connectivity index (χ4v) is 2.77. The molecule has 1 aromatic rings. The van der Waals surface area contributed by atoms with Gasteiger partial charge in [0.2, 0.25) is 0 Å². The van der Waals surface area contributed by atoms with Crippen molar-refractivity contribution in [3.63, 3.8) is 0 Å². The van der Waals surface area contributed by atoms with Gasteiger partial charge < -0.3 is 5.32 Å². The first-order valence-corrected chi connectivity index (χ1v) is 7.31. The zero-order valence-corrected chi connectivity index (χ0v) is 12.4. The SMILES string of the molecule is C#CCN1CCC(NCc2cc(Br)ccc2F)CC1. The van der Waals surface area contributed by atoms with Crippen molar-refractivity contribution in [2.75, 3.05) is 19.6 Å². The highest BCUT2D eigenvalue weighted by molar-refractivity contribution is 9.10. The molecule has 0 unspecified atom stereocenters. The molecule has 1 fully saturated rings. The van der Waals surface area contributed by atoms with Gasteiger partial charge in [-0.25, -0.2) is 4.39 Å². The molecule has 1 saturated heterocycles. The molecule has 4 heteroatoms. The molecule has 0 aliphatic carbocycles. The largest absolute Gasteiger partial charge is 0.310 e. The molecular formula is C15H18BrFN2. The summed E-state index contributed by atoms with van der Waals surface area (Å²) in [6.45, 7) is 3.34. The van der Waals surface area contributed by atoms with Gasteiger partial charge in [0.05, 0.1) is 6.54 Å². The van der Waals surface area contributed by atoms with E-state index in [0.29, 0.717) is 18.2 Å². The maximum absolute atomic E-state index is 13.6. The number of hydrogen-bond donors (Lipinski definition) is 1. The average Bonchev–Trinajstić information content (AvgIpc) is 2.42. The number of benzene rings is 1. The molecule has 0 aromatic heterocycles. The zero-order valence-electron chi connectivity index (χ0n) is 10.8. The maximum atomic E-state index is 13.6. The van der Waals surface area contributed by atoms with Crippen LogP contribution in [0.2, 0.25) is 0 Å². The van der Waals surface area contributed by atoms with Gasteiger partial charge in [0.25, 0.3) is 0 Å². The monoisotopic (exact) mass is 324 g/mol. The van der Waals surface area contributed by atoms with Gasteiger partial charge in [-0.1, -0.05) is 21.9 Å². The smallest absolute Gasteiger partial charge is 0.127 e. The number of nitrogens with zero attached hydrogens (tertiary/aromatic N) is 1. The van der Waals surface area contributed by atoms with Gasteiger partial charge in [-0.3, -0.25) is 4.90 Å². The third kappa shape index (κ3) is 4.31. The van der Waals surface area contributed by atoms with Crippen LogP contribution < -0.4 is 5.32 Å². The summed E-state index contributed by atoms with van der Waals surface area (Å²) in [5, 5.41) is 3.43. The molecule has 102 valence electrons. The van der Waals surface area contributed by atoms with Crippen molar-refractivity contribution in [3.05, 3.63) is 34.1 Å². The van der Waals surface area contributed by atoms with Crippen molar-refractivity contribution >= 4 is 15.9 Å². The highest BCUT2D eigenvalue weighted by atomic mass is 79.9. The van der Waals surface area contributed by atoms with Gasteiger partial charge in [-0.05, 0) is 31.0 Å². The molecule has 0 radical (unpaired) electrons. The van der Waals surface area contributed by atoms with Gasteiger partial charge in [0.1, 0.15) is 5.82 Å². The summed E-state index contributed by atoms with van der Waals surface area (Å²) in [5.74, 6) is 2.52. The van der Waals surface area contributed by atoms with Gasteiger partial charge >= 0.3 is 0 Å². The quantitative estimate of drug-likeness (QED) is 0.857. The third-order valence-corrected chi connectivity index (χ3v) is 3.98. The topological polar surface area (TPSA) is 15.3 Å². The molecule has 0 bridgehead atoms. The molecule has 2 rings (SSSR count). The lowest BCUT2D eigenvalue weighted by atomic mass is 10.0. The Morgan fingerprint density at radius 3 is 2.84 bits per heavy atom. The predicted molar refractivity (Wildman–Crippen MR) is 79.2 cm³/mol. The standard InChI is InChI=1S/C15H18BrFN2/c1-2-7-19-8-5-14(6-9-19)18-11-12-10-13(16)3-4-15(12)17/h1,3-4,10,14,18H,5-9,11H2. The Kier molecular flexibility index (Phi) is 5.38. The van der Waals surface area contributed by atoms with Crippen LogP contribution >= 0.6 is 15.9 Å². The molecule has 1 N–H and O–H groups in total. The first-order chi connectivity index (χ1) is 9.19. The molecule has 1 aromatic carbocycles. The van der Waals surface area contributed by atoms with Crippen molar-refractivity contribution < 1.29 is 4.39 Å². The van der Waals surface area contributed by atoms with E-state index >= 15 is 0 Å². The number of rotatable bonds is 4. The minimum Gasteiger partial charge on any atom is -0.310 e. The molecule has 1 aliphatic rings. The average molecular weight is 325 g/mol. The fraction of sp³-hybridized carbons (Fsp3) is 0.467. The first-order valence-electron chi connectivity index (χ1n) is 6.52. The third-order valence-electron chi connectivity index (χ3n) is 3.49. The summed E-state index contributed by atoms with van der Waals surface area (Å²) in [4.78, 5) is 2.28. The van der Waals surface area contributed by atoms with Gasteiger partial charge in [-0.2, -0.15) is 0 Å². The number of likely N-dealkylation sites (tertiary alicyclic amines) is 1. The fourth-order valence-electron chi connectivity index (χ4n) is 2.36. The minimum atomic E-state index is -0.152. The van der Waals surface area contributed by atoms with E-state index in [4.69, 9.17) is 6.42 Å². The summed E-state index contributed by atoms with van der Waals surface area (Å²) < 4.78 is 14.5. The van der Waals surface area contributed by atoms with Crippen molar-refractivity contribution in [3.8, 4) is 12.3 Å². The van der Waals surface area contributed by atoms with E-state index in [1.165, 1.54) is 6.07 Å². The normalized spacial score (nSPS) is 17.3. The molecule has 19 heavy (non-hydrogen) atoms. The second kappa shape index (κ2) is 7.04. The molecule has 0 saturated carbocycles. The molecule has 0 atom stereocenters. The number of terminal acetylenes is 1. The van der Waals surface area contributed by atoms with E-state index in [1.807, 2.05) is 6.07 Å². The number of piperidine rings is 1. The van der Waals surface area contributed by atoms with Crippen LogP contribution in [0.15, 0.2) is 22.7 Å². The van der Waals surface area contributed by atoms with Crippen LogP contribution in [-0.4, -0.2) is 30.6 Å². The van der Waals surface area contributed by atoms with E-state index in [0.717, 1.165) is 36.9 Å². The van der Waals surface area contributed by atoms with Crippen LogP contribution in [0.25, 0.3) is 0 Å². The predicted octanol–water partition coefficient (Wildman–Crippen LogP) is 2.78. The second-order valence-electron chi connectivity index (χ2n) is 4.87. The van der Waals surface area contributed by atoms with E-state index in [9.17, 15) is 4.39 Å². The van der Waals surface area contributed by atoms with Crippen LogP contribution in [0.5, 0.6) is 0 Å². The number of hydrogen-bond acceptors (Lipinski definition) is 2. The van der Waals surface area contributed by atoms with Gasteiger partial charge in [-0.15, -0.1) is 6.42 Å². The molecule has 1 heterocycles. The molecule has 0 spiro atoms. The minimum absolute atomic E-state index is 0.152. The van der Waals surface area contributed by atoms with Gasteiger partial charge in [0.15, 0.2) is 0 Å². The maximum Gasteiger partial charge on any atom is 0.127 e. The van der Waals surface area contributed by atoms with E-state index in [2.05, 4.69) is 32.1 Å². The Bertz CT molecular complexity index is 462. The summed E-state index contributed by atoms with van der Waals surface area (Å²) >= 11 is 3.37. The molecular weight excluding hydrogens is 307 g/mol. The summed E-state index contributed by atoms with van der Waals surface area (Å²) in [6.07, 6.45) is 7.44. The highest BCUT2D eigenvalue weighted by Crippen LogP contribution is 2.16. The highest BCUT2D eigenvalue weighted by Gasteiger charge is 2.18. The second-order valence-corrected chi connectivity index (χ2v) is 5.79. The zero-order chi connectivity index (χ0) is 13.7. The van der Waals surface area contributed by atoms with Crippen LogP contribution in [0.3, 0.4) is 0 Å². The van der Waals surface area contributed by atoms with Crippen LogP contribution in [0.1, 0.15) is 18.4 Å². The first kappa shape index (κ1) is 14.5. The van der Waals surface area contributed by atoms with Crippen molar-refractivity contribution in [1.82, 2.24) is 10.2 Å². The van der Waals surface area contributed by atoms with Crippen molar-refractivity contribution in [2.45, 2.75) is 25.4 Å². The van der Waals surface area contributed by atoms with Crippen molar-refractivity contribution in [2.24, 2.45) is 0 Å². The Hall–Kier alpha value is -0.890. The number of halogens is 2. The van der Waals surface area contributed by atoms with E-state index in [-0.39, 0.29) is 5.82 Å². The van der Waals surface area contributed by atoms with Crippen LogP contribution in [-0.2, 0) is 6.54 Å². The van der Waals surface area contributed by atoms with Crippen LogP contribution in [0, 0.1) is 18.2 Å². The lowest BCUT2D eigenvalue weighted by molar-refractivity contribution is 0.217. The van der Waals surface area contributed by atoms with Crippen molar-refractivity contribution in [1.29, 1.82) is 0 Å². The lowest BCUT2D eigenvalue weighted by Gasteiger charge is -2.31. The van der Waals surface area contributed by atoms with Crippen LogP contribution in [0.4, 0.5) is 4.39 Å².